The molecule has 1 N–H and O–H groups in total. The van der Waals surface area contributed by atoms with E-state index in [9.17, 15) is 0 Å². The smallest absolute Gasteiger partial charge is 0.277 e. The fourth-order valence-corrected chi connectivity index (χ4v) is 3.14. The third kappa shape index (κ3) is 3.43. The molecule has 0 unspecified atom stereocenters. The molecular weight excluding hydrogens is 338 g/mol. The molecule has 0 aliphatic carbocycles. The number of para-hydroxylation sites is 1. The van der Waals surface area contributed by atoms with Gasteiger partial charge in [0.25, 0.3) is 11.1 Å². The van der Waals surface area contributed by atoms with Crippen molar-refractivity contribution in [3.8, 4) is 11.5 Å². The highest BCUT2D eigenvalue weighted by Crippen LogP contribution is 2.30. The Morgan fingerprint density at radius 3 is 3.04 bits per heavy atom. The maximum atomic E-state index is 5.76. The molecule has 0 fully saturated rings. The van der Waals surface area contributed by atoms with Crippen molar-refractivity contribution in [2.75, 3.05) is 0 Å². The monoisotopic (exact) mass is 355 g/mol. The minimum Gasteiger partial charge on any atom is -0.411 e. The highest BCUT2D eigenvalue weighted by atomic mass is 32.2. The first kappa shape index (κ1) is 15.9. The Morgan fingerprint density at radius 1 is 1.20 bits per heavy atom. The van der Waals surface area contributed by atoms with E-state index < -0.39 is 0 Å². The molecule has 128 valence electrons. The van der Waals surface area contributed by atoms with Gasteiger partial charge in [-0.15, -0.1) is 10.2 Å². The van der Waals surface area contributed by atoms with E-state index in [2.05, 4.69) is 32.2 Å². The van der Waals surface area contributed by atoms with Crippen LogP contribution < -0.4 is 0 Å². The number of unbranched alkanes of at least 4 members (excludes halogenated alkanes) is 1. The summed E-state index contributed by atoms with van der Waals surface area (Å²) in [6, 6.07) is 8.00. The van der Waals surface area contributed by atoms with Gasteiger partial charge in [0.15, 0.2) is 5.82 Å². The molecule has 4 aromatic rings. The molecule has 4 rings (SSSR count). The maximum Gasteiger partial charge on any atom is 0.277 e. The number of rotatable bonds is 7. The average molecular weight is 355 g/mol. The quantitative estimate of drug-likeness (QED) is 0.496. The predicted octanol–water partition coefficient (Wildman–Crippen LogP) is 4.24. The molecule has 25 heavy (non-hydrogen) atoms. The number of benzene rings is 1. The molecule has 0 saturated heterocycles. The molecule has 3 aromatic heterocycles. The zero-order valence-corrected chi connectivity index (χ0v) is 14.5. The van der Waals surface area contributed by atoms with Gasteiger partial charge in [0, 0.05) is 23.5 Å². The van der Waals surface area contributed by atoms with Gasteiger partial charge in [-0.2, -0.15) is 4.98 Å². The van der Waals surface area contributed by atoms with Crippen LogP contribution in [-0.2, 0) is 12.2 Å². The van der Waals surface area contributed by atoms with Crippen LogP contribution >= 0.6 is 11.8 Å². The number of hydrogen-bond acceptors (Lipinski definition) is 7. The summed E-state index contributed by atoms with van der Waals surface area (Å²) in [5.74, 6) is 2.35. The lowest BCUT2D eigenvalue weighted by Gasteiger charge is -1.92. The molecule has 0 atom stereocenters. The minimum atomic E-state index is 0.486. The van der Waals surface area contributed by atoms with Crippen LogP contribution in [0.1, 0.15) is 31.5 Å². The van der Waals surface area contributed by atoms with E-state index in [1.807, 2.05) is 30.5 Å². The van der Waals surface area contributed by atoms with Crippen molar-refractivity contribution < 1.29 is 8.94 Å². The summed E-state index contributed by atoms with van der Waals surface area (Å²) < 4.78 is 11.0. The molecule has 0 aliphatic heterocycles. The first-order chi connectivity index (χ1) is 12.3. The average Bonchev–Trinajstić information content (AvgIpc) is 3.36. The van der Waals surface area contributed by atoms with Crippen molar-refractivity contribution in [3.63, 3.8) is 0 Å². The summed E-state index contributed by atoms with van der Waals surface area (Å²) in [5, 5.41) is 13.8. The van der Waals surface area contributed by atoms with Gasteiger partial charge in [-0.05, 0) is 12.5 Å². The van der Waals surface area contributed by atoms with Crippen LogP contribution in [0.5, 0.6) is 0 Å². The highest BCUT2D eigenvalue weighted by Gasteiger charge is 2.14. The van der Waals surface area contributed by atoms with Gasteiger partial charge in [0.05, 0.1) is 11.3 Å². The van der Waals surface area contributed by atoms with Crippen molar-refractivity contribution in [3.05, 3.63) is 42.2 Å². The summed E-state index contributed by atoms with van der Waals surface area (Å²) in [7, 11) is 0. The highest BCUT2D eigenvalue weighted by molar-refractivity contribution is 7.98. The third-order valence-electron chi connectivity index (χ3n) is 3.81. The molecular formula is C17H17N5O2S. The Hall–Kier alpha value is -2.61. The second kappa shape index (κ2) is 7.10. The predicted molar refractivity (Wildman–Crippen MR) is 94.1 cm³/mol. The van der Waals surface area contributed by atoms with Crippen LogP contribution in [0.4, 0.5) is 0 Å². The summed E-state index contributed by atoms with van der Waals surface area (Å²) >= 11 is 1.40. The lowest BCUT2D eigenvalue weighted by molar-refractivity contribution is 0.371. The molecule has 0 bridgehead atoms. The number of aromatic nitrogens is 5. The Kier molecular flexibility index (Phi) is 4.51. The van der Waals surface area contributed by atoms with E-state index >= 15 is 0 Å². The fraction of sp³-hybridized carbons (Fsp3) is 0.294. The van der Waals surface area contributed by atoms with Crippen molar-refractivity contribution in [2.24, 2.45) is 0 Å². The Labute approximate surface area is 148 Å². The van der Waals surface area contributed by atoms with Crippen LogP contribution in [0.3, 0.4) is 0 Å². The molecule has 0 amide bonds. The fourth-order valence-electron chi connectivity index (χ4n) is 2.53. The second-order valence-corrected chi connectivity index (χ2v) is 6.54. The van der Waals surface area contributed by atoms with Crippen molar-refractivity contribution in [2.45, 2.75) is 37.2 Å². The normalized spacial score (nSPS) is 11.4. The first-order valence-electron chi connectivity index (χ1n) is 8.17. The summed E-state index contributed by atoms with van der Waals surface area (Å²) in [5.41, 5.74) is 1.94. The number of hydrogen-bond donors (Lipinski definition) is 1. The summed E-state index contributed by atoms with van der Waals surface area (Å²) in [4.78, 5) is 7.57. The number of H-pyrrole nitrogens is 1. The third-order valence-corrected chi connectivity index (χ3v) is 4.62. The van der Waals surface area contributed by atoms with Gasteiger partial charge >= 0.3 is 0 Å². The summed E-state index contributed by atoms with van der Waals surface area (Å²) in [6.45, 7) is 2.13. The number of aromatic amines is 1. The van der Waals surface area contributed by atoms with Crippen molar-refractivity contribution >= 4 is 22.7 Å². The topological polar surface area (TPSA) is 93.6 Å². The zero-order chi connectivity index (χ0) is 17.1. The Morgan fingerprint density at radius 2 is 2.12 bits per heavy atom. The zero-order valence-electron chi connectivity index (χ0n) is 13.7. The summed E-state index contributed by atoms with van der Waals surface area (Å²) in [6.07, 6.45) is 4.85. The number of fused-ring (bicyclic) bond motifs is 1. The standard InChI is InChI=1S/C17H17N5O2S/c1-2-3-8-15-19-14(22-24-15)10-25-17-21-20-16(23-17)12-9-18-13-7-5-4-6-11(12)13/h4-7,9,18H,2-3,8,10H2,1H3. The maximum absolute atomic E-state index is 5.76. The number of aryl methyl sites for hydroxylation is 1. The number of nitrogens with zero attached hydrogens (tertiary/aromatic N) is 4. The minimum absolute atomic E-state index is 0.486. The SMILES string of the molecule is CCCCc1nc(CSc2nnc(-c3c[nH]c4ccccc34)o2)no1. The van der Waals surface area contributed by atoms with E-state index in [4.69, 9.17) is 8.94 Å². The van der Waals surface area contributed by atoms with E-state index in [1.165, 1.54) is 11.8 Å². The second-order valence-electron chi connectivity index (χ2n) is 5.62. The van der Waals surface area contributed by atoms with Crippen LogP contribution in [0, 0.1) is 0 Å². The molecule has 0 saturated carbocycles. The van der Waals surface area contributed by atoms with Crippen LogP contribution in [0.2, 0.25) is 0 Å². The van der Waals surface area contributed by atoms with Gasteiger partial charge in [0.1, 0.15) is 0 Å². The lowest BCUT2D eigenvalue weighted by atomic mass is 10.2. The van der Waals surface area contributed by atoms with E-state index in [0.29, 0.717) is 28.6 Å². The Bertz CT molecular complexity index is 974. The largest absolute Gasteiger partial charge is 0.411 e. The number of nitrogens with one attached hydrogen (secondary N) is 1. The molecule has 1 aromatic carbocycles. The van der Waals surface area contributed by atoms with E-state index in [0.717, 1.165) is 35.7 Å². The molecule has 7 nitrogen and oxygen atoms in total. The number of thioether (sulfide) groups is 1. The van der Waals surface area contributed by atoms with Gasteiger partial charge in [-0.25, -0.2) is 0 Å². The Balaban J connectivity index is 1.44. The van der Waals surface area contributed by atoms with Gasteiger partial charge in [0.2, 0.25) is 5.89 Å². The molecule has 0 aliphatic rings. The van der Waals surface area contributed by atoms with Crippen molar-refractivity contribution in [1.29, 1.82) is 0 Å². The van der Waals surface area contributed by atoms with Crippen molar-refractivity contribution in [1.82, 2.24) is 25.3 Å². The van der Waals surface area contributed by atoms with Crippen LogP contribution in [-0.4, -0.2) is 25.3 Å². The molecule has 8 heteroatoms. The molecule has 0 spiro atoms. The first-order valence-corrected chi connectivity index (χ1v) is 9.16. The van der Waals surface area contributed by atoms with Crippen LogP contribution in [0.15, 0.2) is 44.6 Å². The lowest BCUT2D eigenvalue weighted by Crippen LogP contribution is -1.87. The van der Waals surface area contributed by atoms with Gasteiger partial charge in [-0.3, -0.25) is 0 Å². The van der Waals surface area contributed by atoms with E-state index in [-0.39, 0.29) is 0 Å². The van der Waals surface area contributed by atoms with Crippen LogP contribution in [0.25, 0.3) is 22.4 Å². The molecule has 3 heterocycles. The van der Waals surface area contributed by atoms with Gasteiger partial charge < -0.3 is 13.9 Å². The van der Waals surface area contributed by atoms with E-state index in [1.54, 1.807) is 0 Å². The molecule has 0 radical (unpaired) electrons. The van der Waals surface area contributed by atoms with Gasteiger partial charge in [-0.1, -0.05) is 48.5 Å².